The molecule has 7 nitrogen and oxygen atoms in total. The number of esters is 1. The molecular formula is C14H19NO6. The zero-order valence-electron chi connectivity index (χ0n) is 12.5. The molecule has 0 aliphatic heterocycles. The molecule has 1 rings (SSSR count). The highest BCUT2D eigenvalue weighted by Gasteiger charge is 2.30. The summed E-state index contributed by atoms with van der Waals surface area (Å²) in [6, 6.07) is 3.95. The number of nitro groups is 1. The minimum Gasteiger partial charge on any atom is -0.492 e. The Morgan fingerprint density at radius 3 is 2.57 bits per heavy atom. The minimum atomic E-state index is -0.930. The third kappa shape index (κ3) is 4.16. The topological polar surface area (TPSA) is 98.9 Å². The first kappa shape index (κ1) is 16.9. The van der Waals surface area contributed by atoms with E-state index in [-0.39, 0.29) is 12.3 Å². The van der Waals surface area contributed by atoms with Gasteiger partial charge >= 0.3 is 5.97 Å². The fourth-order valence-corrected chi connectivity index (χ4v) is 1.70. The van der Waals surface area contributed by atoms with E-state index in [0.29, 0.717) is 11.3 Å². The Bertz CT molecular complexity index is 538. The molecule has 0 aliphatic rings. The number of carbonyl (C=O) groups excluding carboxylic acids is 1. The fourth-order valence-electron chi connectivity index (χ4n) is 1.70. The van der Waals surface area contributed by atoms with Crippen LogP contribution >= 0.6 is 0 Å². The summed E-state index contributed by atoms with van der Waals surface area (Å²) in [6.45, 7) is 4.83. The molecule has 1 aromatic rings. The molecule has 0 bridgehead atoms. The van der Waals surface area contributed by atoms with Crippen molar-refractivity contribution in [3.8, 4) is 5.75 Å². The van der Waals surface area contributed by atoms with Crippen molar-refractivity contribution < 1.29 is 24.3 Å². The molecule has 1 aromatic carbocycles. The Kier molecular flexibility index (Phi) is 5.26. The largest absolute Gasteiger partial charge is 0.492 e. The number of carbonyl (C=O) groups is 1. The van der Waals surface area contributed by atoms with Crippen LogP contribution in [0.2, 0.25) is 0 Å². The predicted molar refractivity (Wildman–Crippen MR) is 75.0 cm³/mol. The maximum atomic E-state index is 11.6. The summed E-state index contributed by atoms with van der Waals surface area (Å²) in [5.41, 5.74) is -0.706. The van der Waals surface area contributed by atoms with Crippen LogP contribution in [-0.4, -0.2) is 29.7 Å². The number of methoxy groups -OCH3 is 1. The molecule has 0 amide bonds. The molecule has 0 aliphatic carbocycles. The summed E-state index contributed by atoms with van der Waals surface area (Å²) >= 11 is 0. The second-order valence-electron chi connectivity index (χ2n) is 5.32. The lowest BCUT2D eigenvalue weighted by atomic mass is 9.95. The SMILES string of the molecule is COC(=O)C(C)(C)COc1ccc([N+](=O)[O-])cc1[C@H](C)O. The van der Waals surface area contributed by atoms with Crippen molar-refractivity contribution >= 4 is 11.7 Å². The van der Waals surface area contributed by atoms with E-state index >= 15 is 0 Å². The summed E-state index contributed by atoms with van der Waals surface area (Å²) in [7, 11) is 1.29. The summed E-state index contributed by atoms with van der Waals surface area (Å²) in [5.74, 6) is -0.129. The van der Waals surface area contributed by atoms with Crippen LogP contribution in [0.3, 0.4) is 0 Å². The van der Waals surface area contributed by atoms with Gasteiger partial charge in [-0.25, -0.2) is 0 Å². The number of non-ortho nitro benzene ring substituents is 1. The fraction of sp³-hybridized carbons (Fsp3) is 0.500. The highest BCUT2D eigenvalue weighted by molar-refractivity contribution is 5.75. The van der Waals surface area contributed by atoms with Crippen molar-refractivity contribution in [2.75, 3.05) is 13.7 Å². The third-order valence-corrected chi connectivity index (χ3v) is 2.98. The molecule has 21 heavy (non-hydrogen) atoms. The molecule has 116 valence electrons. The summed E-state index contributed by atoms with van der Waals surface area (Å²) in [4.78, 5) is 21.8. The standard InChI is InChI=1S/C14H19NO6/c1-9(16)11-7-10(15(18)19)5-6-12(11)21-8-14(2,3)13(17)20-4/h5-7,9,16H,8H2,1-4H3/t9-/m0/s1. The molecule has 0 saturated heterocycles. The third-order valence-electron chi connectivity index (χ3n) is 2.98. The molecule has 0 aromatic heterocycles. The lowest BCUT2D eigenvalue weighted by Gasteiger charge is -2.23. The van der Waals surface area contributed by atoms with Gasteiger partial charge in [-0.1, -0.05) is 0 Å². The Morgan fingerprint density at radius 1 is 1.48 bits per heavy atom. The molecule has 7 heteroatoms. The number of nitrogens with zero attached hydrogens (tertiary/aromatic N) is 1. The number of nitro benzene ring substituents is 1. The molecule has 0 fully saturated rings. The quantitative estimate of drug-likeness (QED) is 0.491. The lowest BCUT2D eigenvalue weighted by molar-refractivity contribution is -0.385. The number of benzene rings is 1. The van der Waals surface area contributed by atoms with Gasteiger partial charge in [0.05, 0.1) is 23.6 Å². The van der Waals surface area contributed by atoms with Gasteiger partial charge in [0, 0.05) is 17.7 Å². The smallest absolute Gasteiger partial charge is 0.314 e. The zero-order valence-corrected chi connectivity index (χ0v) is 12.5. The summed E-state index contributed by atoms with van der Waals surface area (Å²) in [6.07, 6.45) is -0.930. The number of aliphatic hydroxyl groups excluding tert-OH is 1. The van der Waals surface area contributed by atoms with E-state index in [2.05, 4.69) is 4.74 Å². The number of rotatable bonds is 6. The van der Waals surface area contributed by atoms with Gasteiger partial charge in [0.1, 0.15) is 12.4 Å². The van der Waals surface area contributed by atoms with Crippen molar-refractivity contribution in [2.24, 2.45) is 5.41 Å². The van der Waals surface area contributed by atoms with Gasteiger partial charge < -0.3 is 14.6 Å². The van der Waals surface area contributed by atoms with E-state index < -0.39 is 22.4 Å². The summed E-state index contributed by atoms with van der Waals surface area (Å²) < 4.78 is 10.2. The maximum absolute atomic E-state index is 11.6. The second-order valence-corrected chi connectivity index (χ2v) is 5.32. The number of ether oxygens (including phenoxy) is 2. The van der Waals surface area contributed by atoms with E-state index in [1.54, 1.807) is 13.8 Å². The van der Waals surface area contributed by atoms with Crippen LogP contribution in [0.15, 0.2) is 18.2 Å². The Hall–Kier alpha value is -2.15. The van der Waals surface area contributed by atoms with Gasteiger partial charge in [-0.2, -0.15) is 0 Å². The molecular weight excluding hydrogens is 278 g/mol. The van der Waals surface area contributed by atoms with Gasteiger partial charge in [-0.15, -0.1) is 0 Å². The number of hydrogen-bond acceptors (Lipinski definition) is 6. The first-order valence-electron chi connectivity index (χ1n) is 6.36. The van der Waals surface area contributed by atoms with E-state index in [1.165, 1.54) is 32.2 Å². The molecule has 1 N–H and O–H groups in total. The molecule has 1 atom stereocenters. The molecule has 0 saturated carbocycles. The molecule has 0 spiro atoms. The Balaban J connectivity index is 2.98. The minimum absolute atomic E-state index is 0.0250. The Labute approximate surface area is 122 Å². The van der Waals surface area contributed by atoms with Crippen LogP contribution in [0.25, 0.3) is 0 Å². The Morgan fingerprint density at radius 2 is 2.10 bits per heavy atom. The van der Waals surface area contributed by atoms with E-state index in [4.69, 9.17) is 4.74 Å². The van der Waals surface area contributed by atoms with Crippen molar-refractivity contribution in [3.05, 3.63) is 33.9 Å². The monoisotopic (exact) mass is 297 g/mol. The average Bonchev–Trinajstić information content (AvgIpc) is 2.43. The number of hydrogen-bond donors (Lipinski definition) is 1. The van der Waals surface area contributed by atoms with E-state index in [1.807, 2.05) is 0 Å². The van der Waals surface area contributed by atoms with Gasteiger partial charge in [0.15, 0.2) is 0 Å². The van der Waals surface area contributed by atoms with Crippen molar-refractivity contribution in [2.45, 2.75) is 26.9 Å². The van der Waals surface area contributed by atoms with Gasteiger partial charge in [-0.3, -0.25) is 14.9 Å². The van der Waals surface area contributed by atoms with Crippen LogP contribution < -0.4 is 4.74 Å². The van der Waals surface area contributed by atoms with Crippen LogP contribution in [-0.2, 0) is 9.53 Å². The first-order chi connectivity index (χ1) is 9.69. The first-order valence-corrected chi connectivity index (χ1v) is 6.36. The van der Waals surface area contributed by atoms with E-state index in [0.717, 1.165) is 0 Å². The number of aliphatic hydroxyl groups is 1. The second kappa shape index (κ2) is 6.53. The van der Waals surface area contributed by atoms with Crippen LogP contribution in [0.1, 0.15) is 32.4 Å². The van der Waals surface area contributed by atoms with Crippen molar-refractivity contribution in [3.63, 3.8) is 0 Å². The van der Waals surface area contributed by atoms with Crippen LogP contribution in [0.4, 0.5) is 5.69 Å². The molecule has 0 radical (unpaired) electrons. The van der Waals surface area contributed by atoms with Crippen LogP contribution in [0.5, 0.6) is 5.75 Å². The van der Waals surface area contributed by atoms with E-state index in [9.17, 15) is 20.0 Å². The van der Waals surface area contributed by atoms with Gasteiger partial charge in [0.25, 0.3) is 5.69 Å². The van der Waals surface area contributed by atoms with Gasteiger partial charge in [-0.05, 0) is 26.8 Å². The summed E-state index contributed by atoms with van der Waals surface area (Å²) in [5, 5.41) is 20.5. The lowest BCUT2D eigenvalue weighted by Crippen LogP contribution is -2.32. The molecule has 0 heterocycles. The zero-order chi connectivity index (χ0) is 16.2. The highest BCUT2D eigenvalue weighted by Crippen LogP contribution is 2.30. The maximum Gasteiger partial charge on any atom is 0.314 e. The normalized spacial score (nSPS) is 12.6. The average molecular weight is 297 g/mol. The van der Waals surface area contributed by atoms with Crippen molar-refractivity contribution in [1.29, 1.82) is 0 Å². The van der Waals surface area contributed by atoms with Crippen molar-refractivity contribution in [1.82, 2.24) is 0 Å². The highest BCUT2D eigenvalue weighted by atomic mass is 16.6. The van der Waals surface area contributed by atoms with Crippen LogP contribution in [0, 0.1) is 15.5 Å². The van der Waals surface area contributed by atoms with Gasteiger partial charge in [0.2, 0.25) is 0 Å². The predicted octanol–water partition coefficient (Wildman–Crippen LogP) is 2.23. The molecule has 0 unspecified atom stereocenters.